The average Bonchev–Trinajstić information content (AvgIpc) is 3.04. The van der Waals surface area contributed by atoms with E-state index in [1.807, 2.05) is 0 Å². The van der Waals surface area contributed by atoms with Gasteiger partial charge in [-0.1, -0.05) is 19.8 Å². The van der Waals surface area contributed by atoms with Crippen molar-refractivity contribution < 1.29 is 4.21 Å². The Kier molecular flexibility index (Phi) is 4.21. The molecule has 88 valence electrons. The minimum atomic E-state index is -0.516. The molecule has 2 aliphatic rings. The van der Waals surface area contributed by atoms with E-state index in [1.165, 1.54) is 25.7 Å². The van der Waals surface area contributed by atoms with E-state index in [-0.39, 0.29) is 0 Å². The van der Waals surface area contributed by atoms with Crippen LogP contribution in [0.5, 0.6) is 0 Å². The fourth-order valence-electron chi connectivity index (χ4n) is 2.40. The van der Waals surface area contributed by atoms with E-state index >= 15 is 0 Å². The molecule has 15 heavy (non-hydrogen) atoms. The molecule has 1 saturated heterocycles. The molecule has 1 saturated carbocycles. The van der Waals surface area contributed by atoms with Gasteiger partial charge in [-0.05, 0) is 31.6 Å². The van der Waals surface area contributed by atoms with E-state index in [1.54, 1.807) is 0 Å². The monoisotopic (exact) mass is 229 g/mol. The van der Waals surface area contributed by atoms with E-state index in [9.17, 15) is 4.21 Å². The largest absolute Gasteiger partial charge is 0.311 e. The molecule has 0 bridgehead atoms. The predicted molar refractivity (Wildman–Crippen MR) is 65.5 cm³/mol. The minimum Gasteiger partial charge on any atom is -0.311 e. The van der Waals surface area contributed by atoms with Gasteiger partial charge in [-0.15, -0.1) is 0 Å². The van der Waals surface area contributed by atoms with Crippen LogP contribution in [0.15, 0.2) is 0 Å². The van der Waals surface area contributed by atoms with Gasteiger partial charge >= 0.3 is 0 Å². The molecular formula is C12H23NOS. The molecule has 0 aromatic rings. The summed E-state index contributed by atoms with van der Waals surface area (Å²) in [4.78, 5) is 0. The maximum absolute atomic E-state index is 11.2. The molecule has 3 heteroatoms. The van der Waals surface area contributed by atoms with Crippen molar-refractivity contribution in [2.24, 2.45) is 5.92 Å². The summed E-state index contributed by atoms with van der Waals surface area (Å²) in [7, 11) is -0.516. The van der Waals surface area contributed by atoms with Crippen molar-refractivity contribution in [2.75, 3.05) is 11.5 Å². The van der Waals surface area contributed by atoms with Crippen molar-refractivity contribution in [1.82, 2.24) is 5.32 Å². The van der Waals surface area contributed by atoms with E-state index in [0.29, 0.717) is 12.1 Å². The second-order valence-electron chi connectivity index (χ2n) is 5.07. The first-order chi connectivity index (χ1) is 7.28. The predicted octanol–water partition coefficient (Wildman–Crippen LogP) is 2.07. The molecule has 1 aliphatic heterocycles. The van der Waals surface area contributed by atoms with E-state index in [2.05, 4.69) is 12.2 Å². The molecule has 1 N–H and O–H groups in total. The lowest BCUT2D eigenvalue weighted by atomic mass is 10.0. The highest BCUT2D eigenvalue weighted by Crippen LogP contribution is 2.34. The fraction of sp³-hybridized carbons (Fsp3) is 1.00. The van der Waals surface area contributed by atoms with Crippen LogP contribution in [0.1, 0.15) is 45.4 Å². The van der Waals surface area contributed by atoms with Gasteiger partial charge in [0.2, 0.25) is 0 Å². The first-order valence-corrected chi connectivity index (χ1v) is 7.87. The van der Waals surface area contributed by atoms with Crippen LogP contribution in [0.2, 0.25) is 0 Å². The summed E-state index contributed by atoms with van der Waals surface area (Å²) in [5.74, 6) is 2.84. The Bertz CT molecular complexity index is 218. The molecule has 0 aromatic heterocycles. The summed E-state index contributed by atoms with van der Waals surface area (Å²) >= 11 is 0. The lowest BCUT2D eigenvalue weighted by Crippen LogP contribution is -2.42. The summed E-state index contributed by atoms with van der Waals surface area (Å²) in [6.07, 6.45) is 7.76. The summed E-state index contributed by atoms with van der Waals surface area (Å²) < 4.78 is 11.2. The maximum atomic E-state index is 11.2. The first kappa shape index (κ1) is 11.6. The summed E-state index contributed by atoms with van der Waals surface area (Å²) in [6.45, 7) is 2.28. The van der Waals surface area contributed by atoms with Crippen LogP contribution in [0.4, 0.5) is 0 Å². The Morgan fingerprint density at radius 3 is 2.47 bits per heavy atom. The van der Waals surface area contributed by atoms with Crippen molar-refractivity contribution >= 4 is 10.8 Å². The number of rotatable bonds is 5. The van der Waals surface area contributed by atoms with Gasteiger partial charge in [-0.25, -0.2) is 0 Å². The summed E-state index contributed by atoms with van der Waals surface area (Å²) in [6, 6.07) is 1.36. The maximum Gasteiger partial charge on any atom is 0.0249 e. The summed E-state index contributed by atoms with van der Waals surface area (Å²) in [5, 5.41) is 3.76. The van der Waals surface area contributed by atoms with Crippen LogP contribution in [0, 0.1) is 5.92 Å². The Morgan fingerprint density at radius 2 is 1.93 bits per heavy atom. The Balaban J connectivity index is 1.70. The number of hydrogen-bond acceptors (Lipinski definition) is 2. The molecule has 2 nitrogen and oxygen atoms in total. The highest BCUT2D eigenvalue weighted by atomic mass is 32.2. The third-order valence-electron chi connectivity index (χ3n) is 3.67. The molecule has 1 aliphatic carbocycles. The van der Waals surface area contributed by atoms with Gasteiger partial charge in [0.05, 0.1) is 0 Å². The van der Waals surface area contributed by atoms with Gasteiger partial charge in [0.1, 0.15) is 0 Å². The quantitative estimate of drug-likeness (QED) is 0.782. The van der Waals surface area contributed by atoms with Crippen LogP contribution in [0.25, 0.3) is 0 Å². The minimum absolute atomic E-state index is 0.516. The molecule has 1 unspecified atom stereocenters. The highest BCUT2D eigenvalue weighted by molar-refractivity contribution is 7.85. The third-order valence-corrected chi connectivity index (χ3v) is 5.05. The zero-order chi connectivity index (χ0) is 10.7. The highest BCUT2D eigenvalue weighted by Gasteiger charge is 2.26. The van der Waals surface area contributed by atoms with Gasteiger partial charge in [0.25, 0.3) is 0 Å². The van der Waals surface area contributed by atoms with Crippen molar-refractivity contribution in [1.29, 1.82) is 0 Å². The van der Waals surface area contributed by atoms with Crippen LogP contribution >= 0.6 is 0 Å². The second kappa shape index (κ2) is 5.44. The lowest BCUT2D eigenvalue weighted by molar-refractivity contribution is 0.368. The zero-order valence-electron chi connectivity index (χ0n) is 9.71. The number of hydrogen-bond donors (Lipinski definition) is 1. The Hall–Kier alpha value is 0.110. The standard InChI is InChI=1S/C12H23NOS/c1-2-11(9-10-3-4-10)13-12-5-7-15(14)8-6-12/h10-13H,2-9H2,1H3. The molecule has 1 heterocycles. The zero-order valence-corrected chi connectivity index (χ0v) is 10.5. The molecule has 0 amide bonds. The van der Waals surface area contributed by atoms with E-state index < -0.39 is 10.8 Å². The van der Waals surface area contributed by atoms with E-state index in [4.69, 9.17) is 0 Å². The molecule has 0 aromatic carbocycles. The van der Waals surface area contributed by atoms with Gasteiger partial charge < -0.3 is 5.32 Å². The Labute approximate surface area is 95.7 Å². The van der Waals surface area contributed by atoms with Gasteiger partial charge in [-0.2, -0.15) is 0 Å². The van der Waals surface area contributed by atoms with Gasteiger partial charge in [-0.3, -0.25) is 4.21 Å². The SMILES string of the molecule is CCC(CC1CC1)NC1CCS(=O)CC1. The van der Waals surface area contributed by atoms with Crippen molar-refractivity contribution in [3.63, 3.8) is 0 Å². The van der Waals surface area contributed by atoms with Crippen LogP contribution < -0.4 is 5.32 Å². The van der Waals surface area contributed by atoms with Crippen molar-refractivity contribution in [3.8, 4) is 0 Å². The van der Waals surface area contributed by atoms with E-state index in [0.717, 1.165) is 30.3 Å². The van der Waals surface area contributed by atoms with Gasteiger partial charge in [0.15, 0.2) is 0 Å². The first-order valence-electron chi connectivity index (χ1n) is 6.39. The van der Waals surface area contributed by atoms with Crippen LogP contribution in [-0.2, 0) is 10.8 Å². The van der Waals surface area contributed by atoms with Crippen LogP contribution in [-0.4, -0.2) is 27.8 Å². The fourth-order valence-corrected chi connectivity index (χ4v) is 3.70. The molecule has 0 radical (unpaired) electrons. The molecule has 1 atom stereocenters. The Morgan fingerprint density at radius 1 is 1.27 bits per heavy atom. The smallest absolute Gasteiger partial charge is 0.0249 e. The average molecular weight is 229 g/mol. The van der Waals surface area contributed by atoms with Gasteiger partial charge in [0, 0.05) is 34.4 Å². The molecule has 0 spiro atoms. The van der Waals surface area contributed by atoms with Crippen LogP contribution in [0.3, 0.4) is 0 Å². The molecule has 2 fully saturated rings. The topological polar surface area (TPSA) is 29.1 Å². The third kappa shape index (κ3) is 3.87. The van der Waals surface area contributed by atoms with Crippen molar-refractivity contribution in [2.45, 2.75) is 57.5 Å². The second-order valence-corrected chi connectivity index (χ2v) is 6.77. The van der Waals surface area contributed by atoms with Crippen molar-refractivity contribution in [3.05, 3.63) is 0 Å². The summed E-state index contributed by atoms with van der Waals surface area (Å²) in [5.41, 5.74) is 0. The lowest BCUT2D eigenvalue weighted by Gasteiger charge is -2.27. The number of nitrogens with one attached hydrogen (secondary N) is 1. The normalized spacial score (nSPS) is 33.9. The molecular weight excluding hydrogens is 206 g/mol. The molecule has 2 rings (SSSR count).